The zero-order chi connectivity index (χ0) is 14.0. The van der Waals surface area contributed by atoms with Crippen LogP contribution in [-0.2, 0) is 4.79 Å². The van der Waals surface area contributed by atoms with Crippen LogP contribution in [-0.4, -0.2) is 21.2 Å². The number of pyridine rings is 1. The topological polar surface area (TPSA) is 70.4 Å². The van der Waals surface area contributed by atoms with Gasteiger partial charge in [-0.2, -0.15) is 0 Å². The summed E-state index contributed by atoms with van der Waals surface area (Å²) in [6.45, 7) is 3.97. The summed E-state index contributed by atoms with van der Waals surface area (Å²) in [5.41, 5.74) is 0.523. The van der Waals surface area contributed by atoms with Crippen LogP contribution < -0.4 is 0 Å². The van der Waals surface area contributed by atoms with Gasteiger partial charge < -0.3 is 10.2 Å². The Morgan fingerprint density at radius 2 is 2.05 bits per heavy atom. The van der Waals surface area contributed by atoms with Crippen molar-refractivity contribution in [2.24, 2.45) is 5.92 Å². The zero-order valence-corrected chi connectivity index (χ0v) is 11.0. The van der Waals surface area contributed by atoms with Gasteiger partial charge >= 0.3 is 5.97 Å². The number of hydrogen-bond donors (Lipinski definition) is 2. The minimum absolute atomic E-state index is 0.121. The molecule has 2 N–H and O–H groups in total. The van der Waals surface area contributed by atoms with Gasteiger partial charge in [-0.05, 0) is 35.9 Å². The standard InChI is InChI=1S/C15H17NO3/c1-9(2)7-13(15(18)19)14-12-8-11(17)4-3-10(12)5-6-16-14/h3-6,8-9,13,17H,7H2,1-2H3,(H,18,19). The lowest BCUT2D eigenvalue weighted by Crippen LogP contribution is -2.15. The second-order valence-corrected chi connectivity index (χ2v) is 5.12. The maximum atomic E-state index is 11.5. The number of aliphatic carboxylic acids is 1. The number of carboxylic acid groups (broad SMARTS) is 1. The Labute approximate surface area is 111 Å². The molecule has 1 heterocycles. The number of phenols is 1. The third kappa shape index (κ3) is 2.84. The first kappa shape index (κ1) is 13.3. The predicted octanol–water partition coefficient (Wildman–Crippen LogP) is 3.15. The summed E-state index contributed by atoms with van der Waals surface area (Å²) in [5.74, 6) is -1.14. The Balaban J connectivity index is 2.58. The van der Waals surface area contributed by atoms with E-state index in [2.05, 4.69) is 4.98 Å². The summed E-state index contributed by atoms with van der Waals surface area (Å²) in [6, 6.07) is 6.74. The van der Waals surface area contributed by atoms with Gasteiger partial charge in [0, 0.05) is 11.6 Å². The average Bonchev–Trinajstić information content (AvgIpc) is 2.35. The quantitative estimate of drug-likeness (QED) is 0.884. The fourth-order valence-corrected chi connectivity index (χ4v) is 2.26. The molecular formula is C15H17NO3. The lowest BCUT2D eigenvalue weighted by molar-refractivity contribution is -0.139. The highest BCUT2D eigenvalue weighted by atomic mass is 16.4. The lowest BCUT2D eigenvalue weighted by Gasteiger charge is -2.16. The highest BCUT2D eigenvalue weighted by molar-refractivity contribution is 5.90. The molecule has 19 heavy (non-hydrogen) atoms. The van der Waals surface area contributed by atoms with Crippen molar-refractivity contribution in [2.45, 2.75) is 26.2 Å². The van der Waals surface area contributed by atoms with Crippen LogP contribution in [0.25, 0.3) is 10.8 Å². The lowest BCUT2D eigenvalue weighted by atomic mass is 9.91. The highest BCUT2D eigenvalue weighted by Gasteiger charge is 2.24. The largest absolute Gasteiger partial charge is 0.508 e. The summed E-state index contributed by atoms with van der Waals surface area (Å²) < 4.78 is 0. The van der Waals surface area contributed by atoms with Crippen LogP contribution in [0.5, 0.6) is 5.75 Å². The van der Waals surface area contributed by atoms with E-state index in [4.69, 9.17) is 0 Å². The Morgan fingerprint density at radius 1 is 1.32 bits per heavy atom. The van der Waals surface area contributed by atoms with Crippen molar-refractivity contribution in [3.8, 4) is 5.75 Å². The fraction of sp³-hybridized carbons (Fsp3) is 0.333. The molecule has 2 aromatic rings. The van der Waals surface area contributed by atoms with Crippen LogP contribution in [0, 0.1) is 5.92 Å². The van der Waals surface area contributed by atoms with E-state index in [-0.39, 0.29) is 11.7 Å². The molecule has 0 aliphatic carbocycles. The molecule has 1 aromatic carbocycles. The van der Waals surface area contributed by atoms with Gasteiger partial charge in [0.05, 0.1) is 11.6 Å². The maximum absolute atomic E-state index is 11.5. The number of aromatic nitrogens is 1. The van der Waals surface area contributed by atoms with Crippen LogP contribution in [0.4, 0.5) is 0 Å². The number of nitrogens with zero attached hydrogens (tertiary/aromatic N) is 1. The van der Waals surface area contributed by atoms with Gasteiger partial charge in [0.25, 0.3) is 0 Å². The SMILES string of the molecule is CC(C)CC(C(=O)O)c1nccc2ccc(O)cc12. The van der Waals surface area contributed by atoms with Gasteiger partial charge in [0.15, 0.2) is 0 Å². The smallest absolute Gasteiger partial charge is 0.312 e. The van der Waals surface area contributed by atoms with Crippen molar-refractivity contribution in [2.75, 3.05) is 0 Å². The van der Waals surface area contributed by atoms with Gasteiger partial charge in [-0.1, -0.05) is 19.9 Å². The van der Waals surface area contributed by atoms with E-state index in [9.17, 15) is 15.0 Å². The number of carbonyl (C=O) groups is 1. The summed E-state index contributed by atoms with van der Waals surface area (Å²) in [7, 11) is 0. The second-order valence-electron chi connectivity index (χ2n) is 5.12. The first-order valence-corrected chi connectivity index (χ1v) is 6.29. The number of fused-ring (bicyclic) bond motifs is 1. The summed E-state index contributed by atoms with van der Waals surface area (Å²) >= 11 is 0. The monoisotopic (exact) mass is 259 g/mol. The maximum Gasteiger partial charge on any atom is 0.312 e. The van der Waals surface area contributed by atoms with Crippen molar-refractivity contribution >= 4 is 16.7 Å². The second kappa shape index (κ2) is 5.26. The third-order valence-electron chi connectivity index (χ3n) is 3.12. The highest BCUT2D eigenvalue weighted by Crippen LogP contribution is 2.30. The molecule has 0 saturated heterocycles. The predicted molar refractivity (Wildman–Crippen MR) is 73.2 cm³/mol. The van der Waals surface area contributed by atoms with Crippen molar-refractivity contribution < 1.29 is 15.0 Å². The first-order chi connectivity index (χ1) is 8.99. The van der Waals surface area contributed by atoms with Gasteiger partial charge in [-0.25, -0.2) is 0 Å². The number of carboxylic acids is 1. The van der Waals surface area contributed by atoms with Crippen LogP contribution >= 0.6 is 0 Å². The number of hydrogen-bond acceptors (Lipinski definition) is 3. The Bertz CT molecular complexity index is 607. The minimum Gasteiger partial charge on any atom is -0.508 e. The van der Waals surface area contributed by atoms with Crippen molar-refractivity contribution in [1.82, 2.24) is 4.98 Å². The summed E-state index contributed by atoms with van der Waals surface area (Å²) in [6.07, 6.45) is 2.14. The Hall–Kier alpha value is -2.10. The molecule has 0 amide bonds. The normalized spacial score (nSPS) is 12.8. The molecule has 0 radical (unpaired) electrons. The molecular weight excluding hydrogens is 242 g/mol. The third-order valence-corrected chi connectivity index (χ3v) is 3.12. The number of benzene rings is 1. The van der Waals surface area contributed by atoms with E-state index in [0.29, 0.717) is 17.5 Å². The molecule has 1 unspecified atom stereocenters. The van der Waals surface area contributed by atoms with Crippen molar-refractivity contribution in [3.63, 3.8) is 0 Å². The molecule has 0 saturated carbocycles. The van der Waals surface area contributed by atoms with Crippen LogP contribution in [0.1, 0.15) is 31.9 Å². The number of rotatable bonds is 4. The molecule has 100 valence electrons. The molecule has 4 nitrogen and oxygen atoms in total. The van der Waals surface area contributed by atoms with Crippen LogP contribution in [0.2, 0.25) is 0 Å². The fourth-order valence-electron chi connectivity index (χ4n) is 2.26. The number of aromatic hydroxyl groups is 1. The van der Waals surface area contributed by atoms with E-state index in [0.717, 1.165) is 5.39 Å². The van der Waals surface area contributed by atoms with E-state index < -0.39 is 11.9 Å². The molecule has 2 rings (SSSR count). The van der Waals surface area contributed by atoms with Gasteiger partial charge in [0.1, 0.15) is 5.75 Å². The molecule has 0 aliphatic rings. The van der Waals surface area contributed by atoms with Gasteiger partial charge in [0.2, 0.25) is 0 Å². The molecule has 4 heteroatoms. The molecule has 0 bridgehead atoms. The molecule has 0 spiro atoms. The molecule has 0 fully saturated rings. The molecule has 0 aliphatic heterocycles. The Morgan fingerprint density at radius 3 is 2.68 bits per heavy atom. The van der Waals surface area contributed by atoms with E-state index in [1.165, 1.54) is 0 Å². The zero-order valence-electron chi connectivity index (χ0n) is 11.0. The summed E-state index contributed by atoms with van der Waals surface area (Å²) in [5, 5.41) is 20.6. The minimum atomic E-state index is -0.878. The number of phenolic OH excluding ortho intramolecular Hbond substituents is 1. The summed E-state index contributed by atoms with van der Waals surface area (Å²) in [4.78, 5) is 15.7. The van der Waals surface area contributed by atoms with Crippen LogP contribution in [0.15, 0.2) is 30.5 Å². The molecule has 1 atom stereocenters. The van der Waals surface area contributed by atoms with E-state index in [1.54, 1.807) is 24.4 Å². The average molecular weight is 259 g/mol. The van der Waals surface area contributed by atoms with Crippen molar-refractivity contribution in [1.29, 1.82) is 0 Å². The van der Waals surface area contributed by atoms with Gasteiger partial charge in [-0.15, -0.1) is 0 Å². The molecule has 1 aromatic heterocycles. The van der Waals surface area contributed by atoms with E-state index in [1.807, 2.05) is 19.9 Å². The van der Waals surface area contributed by atoms with Crippen molar-refractivity contribution in [3.05, 3.63) is 36.2 Å². The van der Waals surface area contributed by atoms with E-state index >= 15 is 0 Å². The van der Waals surface area contributed by atoms with Gasteiger partial charge in [-0.3, -0.25) is 9.78 Å². The first-order valence-electron chi connectivity index (χ1n) is 6.29. The van der Waals surface area contributed by atoms with Crippen LogP contribution in [0.3, 0.4) is 0 Å². The Kier molecular flexibility index (Phi) is 3.69.